The van der Waals surface area contributed by atoms with Crippen LogP contribution in [0.15, 0.2) is 42.7 Å². The standard InChI is InChI=1S/C24H30ClN3O3/c1-16(2)14-21(27-23(29)19-4-6-20(25)7-5-19)18-9-12-28(13-10-18)24(30)31-22-8-11-26-15-17(22)3/h4-8,11,15-16,18,21H,9-10,12-14H2,1-3H3,(H,27,29). The quantitative estimate of drug-likeness (QED) is 0.674. The fraction of sp³-hybridized carbons (Fsp3) is 0.458. The van der Waals surface area contributed by atoms with Crippen LogP contribution >= 0.6 is 11.6 Å². The third kappa shape index (κ3) is 6.44. The molecule has 0 radical (unpaired) electrons. The zero-order valence-electron chi connectivity index (χ0n) is 18.3. The highest BCUT2D eigenvalue weighted by atomic mass is 35.5. The summed E-state index contributed by atoms with van der Waals surface area (Å²) in [4.78, 5) is 31.1. The second-order valence-corrected chi connectivity index (χ2v) is 8.99. The number of nitrogens with zero attached hydrogens (tertiary/aromatic N) is 2. The molecule has 166 valence electrons. The van der Waals surface area contributed by atoms with Crippen LogP contribution in [0.3, 0.4) is 0 Å². The van der Waals surface area contributed by atoms with Crippen molar-refractivity contribution >= 4 is 23.6 Å². The Kier molecular flexibility index (Phi) is 7.91. The van der Waals surface area contributed by atoms with Crippen LogP contribution in [0.1, 0.15) is 49.0 Å². The van der Waals surface area contributed by atoms with E-state index in [0.29, 0.717) is 41.3 Å². The Morgan fingerprint density at radius 3 is 2.48 bits per heavy atom. The zero-order chi connectivity index (χ0) is 22.4. The first-order valence-corrected chi connectivity index (χ1v) is 11.1. The summed E-state index contributed by atoms with van der Waals surface area (Å²) in [5.74, 6) is 1.21. The number of hydrogen-bond donors (Lipinski definition) is 1. The van der Waals surface area contributed by atoms with Crippen molar-refractivity contribution < 1.29 is 14.3 Å². The van der Waals surface area contributed by atoms with Gasteiger partial charge in [-0.05, 0) is 68.4 Å². The maximum Gasteiger partial charge on any atom is 0.415 e. The monoisotopic (exact) mass is 443 g/mol. The van der Waals surface area contributed by atoms with Crippen molar-refractivity contribution in [1.82, 2.24) is 15.2 Å². The minimum absolute atomic E-state index is 0.0591. The summed E-state index contributed by atoms with van der Waals surface area (Å²) < 4.78 is 5.54. The van der Waals surface area contributed by atoms with Crippen molar-refractivity contribution in [3.8, 4) is 5.75 Å². The van der Waals surface area contributed by atoms with Crippen LogP contribution in [0.25, 0.3) is 0 Å². The number of aryl methyl sites for hydroxylation is 1. The average Bonchev–Trinajstić information content (AvgIpc) is 2.75. The molecule has 31 heavy (non-hydrogen) atoms. The van der Waals surface area contributed by atoms with Gasteiger partial charge in [-0.2, -0.15) is 0 Å². The van der Waals surface area contributed by atoms with E-state index in [9.17, 15) is 9.59 Å². The molecule has 1 fully saturated rings. The fourth-order valence-electron chi connectivity index (χ4n) is 3.95. The molecule has 2 aromatic rings. The topological polar surface area (TPSA) is 71.5 Å². The summed E-state index contributed by atoms with van der Waals surface area (Å²) in [5, 5.41) is 3.83. The lowest BCUT2D eigenvalue weighted by Crippen LogP contribution is -2.47. The van der Waals surface area contributed by atoms with Crippen molar-refractivity contribution in [3.05, 3.63) is 58.9 Å². The average molecular weight is 444 g/mol. The van der Waals surface area contributed by atoms with E-state index in [0.717, 1.165) is 24.8 Å². The van der Waals surface area contributed by atoms with E-state index in [-0.39, 0.29) is 18.0 Å². The van der Waals surface area contributed by atoms with Crippen molar-refractivity contribution in [3.63, 3.8) is 0 Å². The number of carbonyl (C=O) groups excluding carboxylic acids is 2. The van der Waals surface area contributed by atoms with Crippen LogP contribution < -0.4 is 10.1 Å². The lowest BCUT2D eigenvalue weighted by molar-refractivity contribution is 0.0871. The highest BCUT2D eigenvalue weighted by Crippen LogP contribution is 2.26. The van der Waals surface area contributed by atoms with E-state index in [2.05, 4.69) is 24.1 Å². The second kappa shape index (κ2) is 10.6. The van der Waals surface area contributed by atoms with Gasteiger partial charge in [0, 0.05) is 47.7 Å². The van der Waals surface area contributed by atoms with Gasteiger partial charge in [-0.25, -0.2) is 4.79 Å². The number of benzene rings is 1. The number of rotatable bonds is 6. The van der Waals surface area contributed by atoms with Crippen LogP contribution in [-0.4, -0.2) is 41.0 Å². The molecular weight excluding hydrogens is 414 g/mol. The molecule has 0 spiro atoms. The molecule has 1 atom stereocenters. The number of piperidine rings is 1. The molecule has 0 saturated carbocycles. The van der Waals surface area contributed by atoms with E-state index in [1.165, 1.54) is 0 Å². The highest BCUT2D eigenvalue weighted by Gasteiger charge is 2.31. The van der Waals surface area contributed by atoms with Gasteiger partial charge in [0.1, 0.15) is 5.75 Å². The molecule has 3 rings (SSSR count). The number of likely N-dealkylation sites (tertiary alicyclic amines) is 1. The summed E-state index contributed by atoms with van der Waals surface area (Å²) in [7, 11) is 0. The van der Waals surface area contributed by atoms with E-state index in [1.807, 2.05) is 6.92 Å². The highest BCUT2D eigenvalue weighted by molar-refractivity contribution is 6.30. The predicted molar refractivity (Wildman–Crippen MR) is 121 cm³/mol. The number of carbonyl (C=O) groups is 2. The molecule has 0 bridgehead atoms. The molecular formula is C24H30ClN3O3. The lowest BCUT2D eigenvalue weighted by Gasteiger charge is -2.36. The minimum atomic E-state index is -0.335. The van der Waals surface area contributed by atoms with E-state index in [1.54, 1.807) is 47.6 Å². The van der Waals surface area contributed by atoms with Gasteiger partial charge in [0.25, 0.3) is 5.91 Å². The molecule has 6 nitrogen and oxygen atoms in total. The SMILES string of the molecule is Cc1cnccc1OC(=O)N1CCC(C(CC(C)C)NC(=O)c2ccc(Cl)cc2)CC1. The number of aromatic nitrogens is 1. The molecule has 1 aromatic carbocycles. The number of hydrogen-bond acceptors (Lipinski definition) is 4. The first kappa shape index (κ1) is 23.1. The molecule has 1 unspecified atom stereocenters. The van der Waals surface area contributed by atoms with Crippen molar-refractivity contribution in [1.29, 1.82) is 0 Å². The predicted octanol–water partition coefficient (Wildman–Crippen LogP) is 5.10. The number of ether oxygens (including phenoxy) is 1. The molecule has 1 aliphatic rings. The van der Waals surface area contributed by atoms with Gasteiger partial charge < -0.3 is 15.0 Å². The first-order chi connectivity index (χ1) is 14.8. The second-order valence-electron chi connectivity index (χ2n) is 8.55. The molecule has 7 heteroatoms. The van der Waals surface area contributed by atoms with E-state index in [4.69, 9.17) is 16.3 Å². The van der Waals surface area contributed by atoms with Crippen molar-refractivity contribution in [2.75, 3.05) is 13.1 Å². The third-order valence-electron chi connectivity index (χ3n) is 5.68. The number of halogens is 1. The molecule has 2 amide bonds. The van der Waals surface area contributed by atoms with Crippen LogP contribution in [-0.2, 0) is 0 Å². The van der Waals surface area contributed by atoms with Crippen LogP contribution in [0.4, 0.5) is 4.79 Å². The summed E-state index contributed by atoms with van der Waals surface area (Å²) in [6.45, 7) is 7.40. The van der Waals surface area contributed by atoms with Crippen molar-refractivity contribution in [2.45, 2.75) is 46.1 Å². The molecule has 1 saturated heterocycles. The third-order valence-corrected chi connectivity index (χ3v) is 5.93. The number of nitrogens with one attached hydrogen (secondary N) is 1. The Hall–Kier alpha value is -2.60. The molecule has 0 aliphatic carbocycles. The van der Waals surface area contributed by atoms with Crippen LogP contribution in [0.5, 0.6) is 5.75 Å². The molecule has 2 heterocycles. The largest absolute Gasteiger partial charge is 0.415 e. The molecule has 1 aliphatic heterocycles. The Morgan fingerprint density at radius 2 is 1.87 bits per heavy atom. The summed E-state index contributed by atoms with van der Waals surface area (Å²) >= 11 is 5.93. The van der Waals surface area contributed by atoms with Gasteiger partial charge in [-0.15, -0.1) is 0 Å². The molecule has 1 N–H and O–H groups in total. The fourth-order valence-corrected chi connectivity index (χ4v) is 4.07. The van der Waals surface area contributed by atoms with Crippen LogP contribution in [0.2, 0.25) is 5.02 Å². The Bertz CT molecular complexity index is 893. The lowest BCUT2D eigenvalue weighted by atomic mass is 9.85. The van der Waals surface area contributed by atoms with Gasteiger partial charge >= 0.3 is 6.09 Å². The van der Waals surface area contributed by atoms with E-state index >= 15 is 0 Å². The maximum atomic E-state index is 12.8. The summed E-state index contributed by atoms with van der Waals surface area (Å²) in [6.07, 6.45) is 5.49. The maximum absolute atomic E-state index is 12.8. The van der Waals surface area contributed by atoms with Crippen LogP contribution in [0, 0.1) is 18.8 Å². The number of amides is 2. The normalized spacial score (nSPS) is 15.6. The summed E-state index contributed by atoms with van der Waals surface area (Å²) in [6, 6.07) is 8.69. The Balaban J connectivity index is 1.58. The molecule has 1 aromatic heterocycles. The van der Waals surface area contributed by atoms with Gasteiger partial charge in [-0.3, -0.25) is 9.78 Å². The first-order valence-electron chi connectivity index (χ1n) is 10.8. The van der Waals surface area contributed by atoms with Gasteiger partial charge in [0.2, 0.25) is 0 Å². The van der Waals surface area contributed by atoms with E-state index < -0.39 is 0 Å². The van der Waals surface area contributed by atoms with Gasteiger partial charge in [0.15, 0.2) is 0 Å². The van der Waals surface area contributed by atoms with Crippen molar-refractivity contribution in [2.24, 2.45) is 11.8 Å². The minimum Gasteiger partial charge on any atom is -0.410 e. The Morgan fingerprint density at radius 1 is 1.19 bits per heavy atom. The van der Waals surface area contributed by atoms with Gasteiger partial charge in [-0.1, -0.05) is 25.4 Å². The smallest absolute Gasteiger partial charge is 0.410 e. The number of pyridine rings is 1. The summed E-state index contributed by atoms with van der Waals surface area (Å²) in [5.41, 5.74) is 1.43. The van der Waals surface area contributed by atoms with Gasteiger partial charge in [0.05, 0.1) is 0 Å². The Labute approximate surface area is 188 Å². The zero-order valence-corrected chi connectivity index (χ0v) is 19.1.